The summed E-state index contributed by atoms with van der Waals surface area (Å²) in [7, 11) is -2.20. The van der Waals surface area contributed by atoms with Crippen LogP contribution < -0.4 is 29.8 Å². The molecule has 0 aliphatic carbocycles. The molecule has 14 nitrogen and oxygen atoms in total. The van der Waals surface area contributed by atoms with Gasteiger partial charge in [0.05, 0.1) is 27.2 Å². The molecule has 236 valence electrons. The molecule has 1 aliphatic rings. The van der Waals surface area contributed by atoms with Crippen molar-refractivity contribution in [1.82, 2.24) is 19.5 Å². The van der Waals surface area contributed by atoms with Crippen LogP contribution in [-0.4, -0.2) is 69.5 Å². The van der Waals surface area contributed by atoms with Crippen LogP contribution in [0.25, 0.3) is 11.2 Å². The van der Waals surface area contributed by atoms with E-state index in [0.29, 0.717) is 22.4 Å². The van der Waals surface area contributed by atoms with E-state index in [4.69, 9.17) is 33.5 Å². The predicted molar refractivity (Wildman–Crippen MR) is 143 cm³/mol. The average Bonchev–Trinajstić information content (AvgIpc) is 3.49. The number of nitrogens with one attached hydrogen (secondary N) is 1. The second-order valence-corrected chi connectivity index (χ2v) is 10.9. The zero-order valence-electron chi connectivity index (χ0n) is 22.7. The van der Waals surface area contributed by atoms with Crippen LogP contribution in [0.4, 0.5) is 23.5 Å². The fourth-order valence-corrected chi connectivity index (χ4v) is 5.56. The van der Waals surface area contributed by atoms with Crippen LogP contribution in [0, 0.1) is 0 Å². The first-order chi connectivity index (χ1) is 20.8. The Hall–Kier alpha value is -4.38. The highest BCUT2D eigenvalue weighted by Crippen LogP contribution is 2.55. The van der Waals surface area contributed by atoms with Gasteiger partial charge in [0.25, 0.3) is 12.0 Å². The number of hydrogen-bond donors (Lipinski definition) is 3. The molecule has 0 saturated carbocycles. The molecule has 19 heteroatoms. The van der Waals surface area contributed by atoms with Gasteiger partial charge in [-0.1, -0.05) is 0 Å². The second kappa shape index (κ2) is 11.6. The van der Waals surface area contributed by atoms with Crippen molar-refractivity contribution in [2.45, 2.75) is 30.3 Å². The lowest BCUT2D eigenvalue weighted by Crippen LogP contribution is -2.54. The van der Waals surface area contributed by atoms with Crippen molar-refractivity contribution < 1.29 is 55.0 Å². The number of H-pyrrole nitrogens is 1. The summed E-state index contributed by atoms with van der Waals surface area (Å²) in [6.45, 7) is -1.62. The first-order valence-electron chi connectivity index (χ1n) is 12.5. The number of aliphatic hydroxyl groups excluding tert-OH is 1. The summed E-state index contributed by atoms with van der Waals surface area (Å²) in [6.07, 6.45) is -9.09. The smallest absolute Gasteiger partial charge is 0.497 e. The molecule has 3 atom stereocenters. The number of aromatic nitrogens is 4. The van der Waals surface area contributed by atoms with Gasteiger partial charge >= 0.3 is 13.7 Å². The summed E-state index contributed by atoms with van der Waals surface area (Å²) in [4.78, 5) is 21.7. The van der Waals surface area contributed by atoms with Crippen LogP contribution in [0.3, 0.4) is 0 Å². The minimum Gasteiger partial charge on any atom is -0.497 e. The quantitative estimate of drug-likeness (QED) is 0.160. The summed E-state index contributed by atoms with van der Waals surface area (Å²) in [6, 6.07) is 10.9. The van der Waals surface area contributed by atoms with E-state index in [2.05, 4.69) is 15.0 Å². The third-order valence-electron chi connectivity index (χ3n) is 6.56. The molecule has 2 aromatic heterocycles. The van der Waals surface area contributed by atoms with E-state index >= 15 is 8.78 Å². The summed E-state index contributed by atoms with van der Waals surface area (Å²) in [5.74, 6) is -4.43. The summed E-state index contributed by atoms with van der Waals surface area (Å²) in [5, 5.41) is 10.6. The van der Waals surface area contributed by atoms with Crippen LogP contribution in [0.15, 0.2) is 59.7 Å². The number of ether oxygens (including phenoxy) is 3. The molecule has 44 heavy (non-hydrogen) atoms. The number of hydrogen-bond acceptors (Lipinski definition) is 12. The van der Waals surface area contributed by atoms with Crippen LogP contribution in [0.2, 0.25) is 0 Å². The molecule has 1 fully saturated rings. The Morgan fingerprint density at radius 3 is 2.07 bits per heavy atom. The maximum atomic E-state index is 15.5. The van der Waals surface area contributed by atoms with Crippen LogP contribution in [0.5, 0.6) is 23.0 Å². The van der Waals surface area contributed by atoms with Crippen molar-refractivity contribution in [2.24, 2.45) is 0 Å². The molecule has 0 spiro atoms. The zero-order chi connectivity index (χ0) is 31.9. The van der Waals surface area contributed by atoms with E-state index < -0.39 is 67.4 Å². The van der Waals surface area contributed by atoms with Crippen molar-refractivity contribution in [1.29, 1.82) is 0 Å². The van der Waals surface area contributed by atoms with Gasteiger partial charge < -0.3 is 34.1 Å². The molecule has 5 rings (SSSR count). The van der Waals surface area contributed by atoms with Crippen LogP contribution in [-0.2, 0) is 13.8 Å². The Morgan fingerprint density at radius 1 is 1.05 bits per heavy atom. The van der Waals surface area contributed by atoms with Gasteiger partial charge in [-0.15, -0.1) is 0 Å². The van der Waals surface area contributed by atoms with E-state index in [1.165, 1.54) is 62.8 Å². The summed E-state index contributed by atoms with van der Waals surface area (Å²) >= 11 is 0. The first-order valence-corrected chi connectivity index (χ1v) is 13.9. The number of aromatic amines is 1. The van der Waals surface area contributed by atoms with Gasteiger partial charge in [-0.25, -0.2) is 18.3 Å². The lowest BCUT2D eigenvalue weighted by Gasteiger charge is -2.31. The average molecular weight is 645 g/mol. The maximum absolute atomic E-state index is 15.5. The van der Waals surface area contributed by atoms with Crippen molar-refractivity contribution in [3.05, 3.63) is 65.2 Å². The first kappa shape index (κ1) is 31.1. The molecule has 4 aromatic rings. The highest BCUT2D eigenvalue weighted by Gasteiger charge is 2.71. The number of nitrogen functional groups attached to an aromatic ring is 1. The lowest BCUT2D eigenvalue weighted by atomic mass is 9.96. The maximum Gasteiger partial charge on any atom is 0.587 e. The van der Waals surface area contributed by atoms with Crippen molar-refractivity contribution >= 4 is 24.9 Å². The fraction of sp³-hybridized carbons (Fsp3) is 0.320. The number of benzene rings is 2. The number of nitrogens with zero attached hydrogens (tertiary/aromatic N) is 3. The number of imidazole rings is 1. The Labute approximate surface area is 244 Å². The minimum absolute atomic E-state index is 0.136. The molecule has 4 N–H and O–H groups in total. The molecular formula is C25H24F4N5O9P. The molecule has 3 heterocycles. The number of fused-ring (bicyclic) bond motifs is 1. The van der Waals surface area contributed by atoms with E-state index in [1.54, 1.807) is 0 Å². The largest absolute Gasteiger partial charge is 0.587 e. The molecule has 0 bridgehead atoms. The van der Waals surface area contributed by atoms with Gasteiger partial charge in [0.2, 0.25) is 12.2 Å². The third-order valence-corrected chi connectivity index (χ3v) is 7.88. The topological polar surface area (TPSA) is 182 Å². The molecule has 1 aliphatic heterocycles. The Balaban J connectivity index is 1.49. The number of phosphoric ester groups is 1. The molecule has 2 aromatic carbocycles. The monoisotopic (exact) mass is 645 g/mol. The molecule has 1 unspecified atom stereocenters. The Morgan fingerprint density at radius 2 is 1.57 bits per heavy atom. The highest BCUT2D eigenvalue weighted by atomic mass is 31.2. The minimum atomic E-state index is -4.99. The van der Waals surface area contributed by atoms with Crippen molar-refractivity contribution in [3.63, 3.8) is 0 Å². The van der Waals surface area contributed by atoms with Gasteiger partial charge in [-0.05, 0) is 48.5 Å². The number of nitrogens with two attached hydrogens (primary N) is 1. The second-order valence-electron chi connectivity index (χ2n) is 9.33. The van der Waals surface area contributed by atoms with Crippen molar-refractivity contribution in [2.75, 3.05) is 26.6 Å². The normalized spacial score (nSPS) is 21.5. The van der Waals surface area contributed by atoms with Gasteiger partial charge in [-0.3, -0.25) is 18.9 Å². The summed E-state index contributed by atoms with van der Waals surface area (Å²) in [5.41, 5.74) is 0.114. The van der Waals surface area contributed by atoms with Gasteiger partial charge in [-0.2, -0.15) is 13.8 Å². The summed E-state index contributed by atoms with van der Waals surface area (Å²) < 4.78 is 106. The standard InChI is InChI=1S/C25H24F4N5O9P/c1-38-13-3-7-15(8-4-13)42-44(37,43-16-9-5-14(39-2)6-10-16)40-11-24(21(26)27)20(36)25(28,29)22(41-24)34-12-31-17-18(34)32-23(30)33-19(17)35/h3-10,12,20-22,36H,11H2,1-2H3,(H3,30,32,33,35)/t20?,22-,24-/m1/s1. The van der Waals surface area contributed by atoms with Gasteiger partial charge in [0.15, 0.2) is 22.9 Å². The number of rotatable bonds is 11. The number of methoxy groups -OCH3 is 2. The highest BCUT2D eigenvalue weighted by molar-refractivity contribution is 7.49. The van der Waals surface area contributed by atoms with E-state index in [-0.39, 0.29) is 11.5 Å². The van der Waals surface area contributed by atoms with E-state index in [9.17, 15) is 23.2 Å². The number of anilines is 1. The van der Waals surface area contributed by atoms with Gasteiger partial charge in [0.1, 0.15) is 23.0 Å². The van der Waals surface area contributed by atoms with Gasteiger partial charge in [0, 0.05) is 0 Å². The SMILES string of the molecule is COc1ccc(OP(=O)(OC[C@@]2(C(F)F)O[C@@H](n3cnc4c(=O)[nH]c(N)nc43)C(F)(F)C2O)Oc2ccc(OC)cc2)cc1. The fourth-order valence-electron chi connectivity index (χ4n) is 4.30. The molecule has 1 saturated heterocycles. The predicted octanol–water partition coefficient (Wildman–Crippen LogP) is 3.53. The number of aliphatic hydroxyl groups is 1. The number of alkyl halides is 4. The molecular weight excluding hydrogens is 621 g/mol. The number of halogens is 4. The molecule has 0 amide bonds. The Kier molecular flexibility index (Phi) is 8.19. The van der Waals surface area contributed by atoms with E-state index in [0.717, 1.165) is 0 Å². The van der Waals surface area contributed by atoms with Crippen molar-refractivity contribution in [3.8, 4) is 23.0 Å². The number of phosphoric acid groups is 1. The third kappa shape index (κ3) is 5.63. The lowest BCUT2D eigenvalue weighted by molar-refractivity contribution is -0.192. The van der Waals surface area contributed by atoms with E-state index in [1.807, 2.05) is 0 Å². The Bertz CT molecular complexity index is 1690. The van der Waals surface area contributed by atoms with Crippen LogP contribution in [0.1, 0.15) is 6.23 Å². The van der Waals surface area contributed by atoms with Crippen LogP contribution >= 0.6 is 7.82 Å². The zero-order valence-corrected chi connectivity index (χ0v) is 23.6. The molecule has 0 radical (unpaired) electrons.